The van der Waals surface area contributed by atoms with Crippen LogP contribution in [0.2, 0.25) is 0 Å². The number of carbonyl (C=O) groups is 1. The average Bonchev–Trinajstić information content (AvgIpc) is 3.26. The fourth-order valence-corrected chi connectivity index (χ4v) is 4.79. The second kappa shape index (κ2) is 8.28. The zero-order chi connectivity index (χ0) is 20.5. The van der Waals surface area contributed by atoms with Crippen molar-refractivity contribution in [1.82, 2.24) is 15.2 Å². The number of rotatable bonds is 5. The van der Waals surface area contributed by atoms with Crippen molar-refractivity contribution < 1.29 is 18.7 Å². The number of ether oxygens (including phenoxy) is 2. The first-order chi connectivity index (χ1) is 14.7. The third-order valence-corrected chi connectivity index (χ3v) is 6.60. The van der Waals surface area contributed by atoms with Gasteiger partial charge in [-0.05, 0) is 63.0 Å². The molecule has 0 unspecified atom stereocenters. The molecule has 4 saturated heterocycles. The van der Waals surface area contributed by atoms with E-state index in [9.17, 15) is 4.79 Å². The number of fused-ring (bicyclic) bond motifs is 3. The van der Waals surface area contributed by atoms with Gasteiger partial charge in [-0.3, -0.25) is 9.69 Å². The highest BCUT2D eigenvalue weighted by molar-refractivity contribution is 5.94. The summed E-state index contributed by atoms with van der Waals surface area (Å²) in [5, 5.41) is 3.26. The van der Waals surface area contributed by atoms with Gasteiger partial charge in [-0.2, -0.15) is 4.98 Å². The average molecular weight is 412 g/mol. The van der Waals surface area contributed by atoms with E-state index in [1.54, 1.807) is 30.5 Å². The van der Waals surface area contributed by atoms with Crippen molar-refractivity contribution in [3.63, 3.8) is 0 Å². The number of nitrogens with zero attached hydrogens (tertiary/aromatic N) is 3. The Bertz CT molecular complexity index is 868. The lowest BCUT2D eigenvalue weighted by atomic mass is 9.79. The van der Waals surface area contributed by atoms with Gasteiger partial charge in [0.2, 0.25) is 0 Å². The van der Waals surface area contributed by atoms with Crippen molar-refractivity contribution in [3.05, 3.63) is 36.1 Å². The monoisotopic (exact) mass is 412 g/mol. The molecule has 2 bridgehead atoms. The number of piperidine rings is 3. The fourth-order valence-electron chi connectivity index (χ4n) is 4.79. The zero-order valence-corrected chi connectivity index (χ0v) is 17.3. The lowest BCUT2D eigenvalue weighted by Crippen LogP contribution is -2.62. The second-order valence-corrected chi connectivity index (χ2v) is 8.31. The number of aromatic nitrogens is 1. The largest absolute Gasteiger partial charge is 0.415 e. The molecule has 1 aromatic carbocycles. The number of benzene rings is 1. The molecule has 4 aliphatic heterocycles. The summed E-state index contributed by atoms with van der Waals surface area (Å²) in [7, 11) is 0. The third-order valence-electron chi connectivity index (χ3n) is 6.60. The number of nitrogens with one attached hydrogen (secondary N) is 1. The summed E-state index contributed by atoms with van der Waals surface area (Å²) in [5.41, 5.74) is 0.632. The van der Waals surface area contributed by atoms with Crippen LogP contribution in [0.15, 0.2) is 34.9 Å². The molecule has 0 aliphatic carbocycles. The predicted octanol–water partition coefficient (Wildman–Crippen LogP) is 2.52. The lowest BCUT2D eigenvalue weighted by Gasteiger charge is -2.49. The minimum Gasteiger partial charge on any atom is -0.415 e. The minimum atomic E-state index is -0.0297. The summed E-state index contributed by atoms with van der Waals surface area (Å²) in [4.78, 5) is 21.7. The molecule has 6 rings (SSSR count). The van der Waals surface area contributed by atoms with Crippen LogP contribution >= 0.6 is 0 Å². The van der Waals surface area contributed by atoms with Gasteiger partial charge in [-0.15, -0.1) is 0 Å². The van der Waals surface area contributed by atoms with Crippen molar-refractivity contribution in [1.29, 1.82) is 0 Å². The van der Waals surface area contributed by atoms with Crippen LogP contribution in [0.1, 0.15) is 30.1 Å². The van der Waals surface area contributed by atoms with Gasteiger partial charge in [0.25, 0.3) is 5.91 Å². The standard InChI is InChI=1S/C22H28N4O4/c1-15-20(16-6-8-25(15)9-7-16)24-21(27)17-2-4-18(5-3-17)30-22-23-19(14-29-22)26-10-12-28-13-11-26/h2-5,14-16,20H,6-13H2,1H3,(H,24,27)/t15-,20-/m0/s1. The van der Waals surface area contributed by atoms with Crippen LogP contribution in [-0.4, -0.2) is 67.3 Å². The van der Waals surface area contributed by atoms with E-state index in [-0.39, 0.29) is 18.0 Å². The predicted molar refractivity (Wildman–Crippen MR) is 111 cm³/mol. The van der Waals surface area contributed by atoms with Crippen LogP contribution < -0.4 is 15.0 Å². The summed E-state index contributed by atoms with van der Waals surface area (Å²) in [6.45, 7) is 7.46. The normalized spacial score (nSPS) is 28.4. The van der Waals surface area contributed by atoms with E-state index in [2.05, 4.69) is 27.0 Å². The molecule has 4 fully saturated rings. The molecule has 0 radical (unpaired) electrons. The molecule has 30 heavy (non-hydrogen) atoms. The van der Waals surface area contributed by atoms with E-state index in [0.717, 1.165) is 32.0 Å². The lowest BCUT2D eigenvalue weighted by molar-refractivity contribution is 0.0217. The number of carbonyl (C=O) groups excluding carboxylic acids is 1. The molecule has 4 aliphatic rings. The molecule has 2 atom stereocenters. The maximum Gasteiger partial charge on any atom is 0.401 e. The molecule has 5 heterocycles. The number of morpholine rings is 1. The van der Waals surface area contributed by atoms with Crippen LogP contribution in [-0.2, 0) is 4.74 Å². The summed E-state index contributed by atoms with van der Waals surface area (Å²) >= 11 is 0. The summed E-state index contributed by atoms with van der Waals surface area (Å²) in [6, 6.07) is 7.73. The minimum absolute atomic E-state index is 0.0297. The first-order valence-corrected chi connectivity index (χ1v) is 10.8. The summed E-state index contributed by atoms with van der Waals surface area (Å²) in [6.07, 6.45) is 4.13. The van der Waals surface area contributed by atoms with Crippen LogP contribution in [0.5, 0.6) is 11.8 Å². The number of hydrogen-bond donors (Lipinski definition) is 1. The van der Waals surface area contributed by atoms with Crippen molar-refractivity contribution >= 4 is 11.7 Å². The highest BCUT2D eigenvalue weighted by Gasteiger charge is 2.40. The van der Waals surface area contributed by atoms with Crippen molar-refractivity contribution in [2.24, 2.45) is 5.92 Å². The third kappa shape index (κ3) is 3.89. The van der Waals surface area contributed by atoms with Crippen molar-refractivity contribution in [2.75, 3.05) is 44.3 Å². The Morgan fingerprint density at radius 2 is 1.87 bits per heavy atom. The molecular formula is C22H28N4O4. The SMILES string of the molecule is C[C@H]1[C@H](NC(=O)c2ccc(Oc3nc(N4CCOCC4)co3)cc2)C2CCN1CC2. The maximum absolute atomic E-state index is 12.8. The van der Waals surface area contributed by atoms with E-state index in [0.29, 0.717) is 36.5 Å². The number of anilines is 1. The number of amides is 1. The quantitative estimate of drug-likeness (QED) is 0.808. The van der Waals surface area contributed by atoms with E-state index < -0.39 is 0 Å². The second-order valence-electron chi connectivity index (χ2n) is 8.31. The smallest absolute Gasteiger partial charge is 0.401 e. The van der Waals surface area contributed by atoms with Gasteiger partial charge in [0.1, 0.15) is 12.0 Å². The molecule has 1 aromatic heterocycles. The molecule has 0 saturated carbocycles. The first-order valence-electron chi connectivity index (χ1n) is 10.8. The van der Waals surface area contributed by atoms with Crippen molar-refractivity contribution in [3.8, 4) is 11.8 Å². The fraction of sp³-hybridized carbons (Fsp3) is 0.545. The maximum atomic E-state index is 12.8. The summed E-state index contributed by atoms with van der Waals surface area (Å²) in [5.74, 6) is 1.88. The van der Waals surface area contributed by atoms with E-state index in [4.69, 9.17) is 13.9 Å². The topological polar surface area (TPSA) is 80.1 Å². The molecule has 1 amide bonds. The van der Waals surface area contributed by atoms with E-state index >= 15 is 0 Å². The van der Waals surface area contributed by atoms with Gasteiger partial charge in [0.15, 0.2) is 5.82 Å². The molecule has 0 spiro atoms. The molecule has 8 heteroatoms. The number of hydrogen-bond acceptors (Lipinski definition) is 7. The van der Waals surface area contributed by atoms with Gasteiger partial charge in [-0.25, -0.2) is 0 Å². The number of oxazole rings is 1. The molecule has 2 aromatic rings. The van der Waals surface area contributed by atoms with E-state index in [1.807, 2.05) is 0 Å². The summed E-state index contributed by atoms with van der Waals surface area (Å²) < 4.78 is 16.5. The van der Waals surface area contributed by atoms with Crippen LogP contribution in [0.25, 0.3) is 0 Å². The van der Waals surface area contributed by atoms with Gasteiger partial charge in [0, 0.05) is 30.7 Å². The van der Waals surface area contributed by atoms with Gasteiger partial charge >= 0.3 is 6.08 Å². The van der Waals surface area contributed by atoms with Crippen LogP contribution in [0.4, 0.5) is 5.82 Å². The van der Waals surface area contributed by atoms with Crippen LogP contribution in [0, 0.1) is 5.92 Å². The first kappa shape index (κ1) is 19.4. The Balaban J connectivity index is 1.19. The molecule has 8 nitrogen and oxygen atoms in total. The Hall–Kier alpha value is -2.58. The van der Waals surface area contributed by atoms with Gasteiger partial charge < -0.3 is 24.1 Å². The highest BCUT2D eigenvalue weighted by Crippen LogP contribution is 2.32. The van der Waals surface area contributed by atoms with Crippen molar-refractivity contribution in [2.45, 2.75) is 31.8 Å². The Morgan fingerprint density at radius 3 is 2.57 bits per heavy atom. The highest BCUT2D eigenvalue weighted by atomic mass is 16.6. The zero-order valence-electron chi connectivity index (χ0n) is 17.3. The van der Waals surface area contributed by atoms with Gasteiger partial charge in [-0.1, -0.05) is 0 Å². The van der Waals surface area contributed by atoms with Crippen LogP contribution in [0.3, 0.4) is 0 Å². The van der Waals surface area contributed by atoms with E-state index in [1.165, 1.54) is 12.8 Å². The Kier molecular flexibility index (Phi) is 5.35. The van der Waals surface area contributed by atoms with Gasteiger partial charge in [0.05, 0.1) is 13.2 Å². The Labute approximate surface area is 176 Å². The molecular weight excluding hydrogens is 384 g/mol. The Morgan fingerprint density at radius 1 is 1.13 bits per heavy atom. The molecule has 1 N–H and O–H groups in total. The molecule has 160 valence electrons.